The number of fused-ring (bicyclic) bond motifs is 1. The summed E-state index contributed by atoms with van der Waals surface area (Å²) in [6.45, 7) is 2.75. The highest BCUT2D eigenvalue weighted by molar-refractivity contribution is 5.97. The smallest absolute Gasteiger partial charge is 0.338 e. The average Bonchev–Trinajstić information content (AvgIpc) is 2.93. The topological polar surface area (TPSA) is 73.6 Å². The van der Waals surface area contributed by atoms with E-state index < -0.39 is 5.97 Å². The van der Waals surface area contributed by atoms with E-state index in [1.807, 2.05) is 0 Å². The number of aromatic nitrogens is 2. The fourth-order valence-electron chi connectivity index (χ4n) is 2.64. The van der Waals surface area contributed by atoms with Gasteiger partial charge in [0, 0.05) is 12.0 Å². The lowest BCUT2D eigenvalue weighted by Gasteiger charge is -2.23. The summed E-state index contributed by atoms with van der Waals surface area (Å²) in [4.78, 5) is 11.8. The van der Waals surface area contributed by atoms with Crippen LogP contribution in [0.3, 0.4) is 0 Å². The van der Waals surface area contributed by atoms with E-state index in [2.05, 4.69) is 5.10 Å². The number of carbonyl (C=O) groups excluding carboxylic acids is 1. The number of esters is 1. The Morgan fingerprint density at radius 1 is 1.52 bits per heavy atom. The van der Waals surface area contributed by atoms with Gasteiger partial charge >= 0.3 is 5.97 Å². The van der Waals surface area contributed by atoms with E-state index in [0.717, 1.165) is 19.3 Å². The minimum atomic E-state index is -0.448. The van der Waals surface area contributed by atoms with Crippen molar-refractivity contribution in [1.82, 2.24) is 9.78 Å². The third kappa shape index (κ3) is 2.58. The second-order valence-corrected chi connectivity index (χ2v) is 5.06. The summed E-state index contributed by atoms with van der Waals surface area (Å²) >= 11 is 0. The van der Waals surface area contributed by atoms with Gasteiger partial charge in [-0.1, -0.05) is 0 Å². The van der Waals surface area contributed by atoms with Crippen LogP contribution in [0.5, 0.6) is 5.75 Å². The standard InChI is InChI=1S/C15H18N2O4/c1-2-20-15(19)10-7-11-9-16-17(14(11)12(18)8-10)13-5-3-4-6-21-13/h7-9,13,18H,2-6H2,1H3/t13-/m0/s1. The quantitative estimate of drug-likeness (QED) is 0.880. The first-order valence-electron chi connectivity index (χ1n) is 7.19. The lowest BCUT2D eigenvalue weighted by Crippen LogP contribution is -2.19. The van der Waals surface area contributed by atoms with Gasteiger partial charge in [-0.25, -0.2) is 9.48 Å². The minimum absolute atomic E-state index is 0.0160. The summed E-state index contributed by atoms with van der Waals surface area (Å²) < 4.78 is 12.3. The van der Waals surface area contributed by atoms with E-state index in [1.54, 1.807) is 23.9 Å². The highest BCUT2D eigenvalue weighted by Crippen LogP contribution is 2.32. The lowest BCUT2D eigenvalue weighted by atomic mass is 10.1. The number of nitrogens with zero attached hydrogens (tertiary/aromatic N) is 2. The molecule has 0 unspecified atom stereocenters. The van der Waals surface area contributed by atoms with Crippen LogP contribution in [-0.4, -0.2) is 34.1 Å². The van der Waals surface area contributed by atoms with Crippen LogP contribution in [0.2, 0.25) is 0 Å². The van der Waals surface area contributed by atoms with Crippen LogP contribution in [0.4, 0.5) is 0 Å². The predicted octanol–water partition coefficient (Wildman–Crippen LogP) is 2.62. The third-order valence-corrected chi connectivity index (χ3v) is 3.61. The van der Waals surface area contributed by atoms with Crippen molar-refractivity contribution < 1.29 is 19.4 Å². The molecule has 1 N–H and O–H groups in total. The first-order chi connectivity index (χ1) is 10.2. The van der Waals surface area contributed by atoms with Crippen molar-refractivity contribution in [2.24, 2.45) is 0 Å². The van der Waals surface area contributed by atoms with Gasteiger partial charge in [-0.2, -0.15) is 5.10 Å². The lowest BCUT2D eigenvalue weighted by molar-refractivity contribution is -0.0368. The van der Waals surface area contributed by atoms with Gasteiger partial charge in [-0.3, -0.25) is 0 Å². The molecule has 1 saturated heterocycles. The van der Waals surface area contributed by atoms with Gasteiger partial charge in [0.2, 0.25) is 0 Å². The van der Waals surface area contributed by atoms with E-state index in [9.17, 15) is 9.90 Å². The first-order valence-corrected chi connectivity index (χ1v) is 7.19. The van der Waals surface area contributed by atoms with Gasteiger partial charge in [0.1, 0.15) is 11.3 Å². The molecule has 1 atom stereocenters. The van der Waals surface area contributed by atoms with Crippen LogP contribution in [0, 0.1) is 0 Å². The second kappa shape index (κ2) is 5.73. The van der Waals surface area contributed by atoms with Crippen molar-refractivity contribution in [3.63, 3.8) is 0 Å². The molecule has 21 heavy (non-hydrogen) atoms. The molecule has 0 bridgehead atoms. The number of hydrogen-bond donors (Lipinski definition) is 1. The zero-order valence-electron chi connectivity index (χ0n) is 11.9. The highest BCUT2D eigenvalue weighted by Gasteiger charge is 2.21. The third-order valence-electron chi connectivity index (χ3n) is 3.61. The molecule has 1 fully saturated rings. The molecule has 2 heterocycles. The molecule has 0 radical (unpaired) electrons. The monoisotopic (exact) mass is 290 g/mol. The van der Waals surface area contributed by atoms with Gasteiger partial charge in [-0.05, 0) is 38.3 Å². The molecule has 3 rings (SSSR count). The fourth-order valence-corrected chi connectivity index (χ4v) is 2.64. The van der Waals surface area contributed by atoms with Crippen molar-refractivity contribution in [2.45, 2.75) is 32.4 Å². The number of phenols is 1. The van der Waals surface area contributed by atoms with Gasteiger partial charge in [0.05, 0.1) is 18.4 Å². The number of carbonyl (C=O) groups is 1. The summed E-state index contributed by atoms with van der Waals surface area (Å²) in [7, 11) is 0. The Bertz CT molecular complexity index is 659. The molecule has 112 valence electrons. The van der Waals surface area contributed by atoms with Gasteiger partial charge in [-0.15, -0.1) is 0 Å². The molecule has 0 spiro atoms. The maximum atomic E-state index is 11.8. The zero-order valence-corrected chi connectivity index (χ0v) is 11.9. The summed E-state index contributed by atoms with van der Waals surface area (Å²) in [6.07, 6.45) is 4.48. The van der Waals surface area contributed by atoms with Crippen molar-refractivity contribution >= 4 is 16.9 Å². The minimum Gasteiger partial charge on any atom is -0.506 e. The molecule has 1 aliphatic heterocycles. The van der Waals surface area contributed by atoms with Crippen molar-refractivity contribution in [1.29, 1.82) is 0 Å². The SMILES string of the molecule is CCOC(=O)c1cc(O)c2c(cnn2[C@@H]2CCCCO2)c1. The Balaban J connectivity index is 2.00. The summed E-state index contributed by atoms with van der Waals surface area (Å²) in [6, 6.07) is 3.10. The fraction of sp³-hybridized carbons (Fsp3) is 0.467. The van der Waals surface area contributed by atoms with Crippen LogP contribution in [0.1, 0.15) is 42.8 Å². The molecule has 1 aromatic carbocycles. The van der Waals surface area contributed by atoms with E-state index in [4.69, 9.17) is 9.47 Å². The maximum absolute atomic E-state index is 11.8. The summed E-state index contributed by atoms with van der Waals surface area (Å²) in [5.41, 5.74) is 0.918. The van der Waals surface area contributed by atoms with E-state index in [0.29, 0.717) is 29.7 Å². The largest absolute Gasteiger partial charge is 0.506 e. The van der Waals surface area contributed by atoms with Gasteiger partial charge in [0.15, 0.2) is 6.23 Å². The Hall–Kier alpha value is -2.08. The average molecular weight is 290 g/mol. The number of phenolic OH excluding ortho intramolecular Hbond substituents is 1. The van der Waals surface area contributed by atoms with E-state index in [-0.39, 0.29) is 12.0 Å². The maximum Gasteiger partial charge on any atom is 0.338 e. The van der Waals surface area contributed by atoms with Crippen molar-refractivity contribution in [3.05, 3.63) is 23.9 Å². The second-order valence-electron chi connectivity index (χ2n) is 5.06. The van der Waals surface area contributed by atoms with Crippen molar-refractivity contribution in [3.8, 4) is 5.75 Å². The van der Waals surface area contributed by atoms with Gasteiger partial charge < -0.3 is 14.6 Å². The molecule has 0 saturated carbocycles. The molecule has 6 nitrogen and oxygen atoms in total. The van der Waals surface area contributed by atoms with Crippen molar-refractivity contribution in [2.75, 3.05) is 13.2 Å². The molecule has 1 aliphatic rings. The number of ether oxygens (including phenoxy) is 2. The van der Waals surface area contributed by atoms with Crippen LogP contribution >= 0.6 is 0 Å². The Morgan fingerprint density at radius 2 is 2.38 bits per heavy atom. The Kier molecular flexibility index (Phi) is 3.79. The summed E-state index contributed by atoms with van der Waals surface area (Å²) in [5.74, 6) is -0.432. The molecular formula is C15H18N2O4. The number of benzene rings is 1. The molecule has 2 aromatic rings. The van der Waals surface area contributed by atoms with Crippen LogP contribution in [0.15, 0.2) is 18.3 Å². The van der Waals surface area contributed by atoms with Crippen LogP contribution < -0.4 is 0 Å². The number of aromatic hydroxyl groups is 1. The van der Waals surface area contributed by atoms with Gasteiger partial charge in [0.25, 0.3) is 0 Å². The first kappa shape index (κ1) is 13.9. The number of rotatable bonds is 3. The predicted molar refractivity (Wildman–Crippen MR) is 76.2 cm³/mol. The number of hydrogen-bond acceptors (Lipinski definition) is 5. The Morgan fingerprint density at radius 3 is 3.10 bits per heavy atom. The summed E-state index contributed by atoms with van der Waals surface area (Å²) in [5, 5.41) is 15.3. The molecule has 0 amide bonds. The molecular weight excluding hydrogens is 272 g/mol. The highest BCUT2D eigenvalue weighted by atomic mass is 16.5. The molecule has 1 aromatic heterocycles. The Labute approximate surface area is 122 Å². The molecule has 0 aliphatic carbocycles. The van der Waals surface area contributed by atoms with E-state index >= 15 is 0 Å². The van der Waals surface area contributed by atoms with Crippen LogP contribution in [0.25, 0.3) is 10.9 Å². The van der Waals surface area contributed by atoms with E-state index in [1.165, 1.54) is 6.07 Å². The van der Waals surface area contributed by atoms with Crippen LogP contribution in [-0.2, 0) is 9.47 Å². The molecule has 6 heteroatoms. The normalized spacial score (nSPS) is 18.8. The zero-order chi connectivity index (χ0) is 14.8.